The molecule has 0 aromatic carbocycles. The Morgan fingerprint density at radius 2 is 2.43 bits per heavy atom. The smallest absolute Gasteiger partial charge is 0.220 e. The van der Waals surface area contributed by atoms with Gasteiger partial charge in [-0.1, -0.05) is 0 Å². The van der Waals surface area contributed by atoms with Crippen molar-refractivity contribution in [1.29, 1.82) is 0 Å². The number of aliphatic hydroxyl groups is 1. The molecule has 1 heterocycles. The van der Waals surface area contributed by atoms with E-state index < -0.39 is 0 Å². The van der Waals surface area contributed by atoms with E-state index in [1.807, 2.05) is 6.92 Å². The van der Waals surface area contributed by atoms with Gasteiger partial charge in [-0.15, -0.1) is 0 Å². The summed E-state index contributed by atoms with van der Waals surface area (Å²) < 4.78 is 5.33. The maximum Gasteiger partial charge on any atom is 0.220 e. The van der Waals surface area contributed by atoms with E-state index in [0.29, 0.717) is 19.4 Å². The quantitative estimate of drug-likeness (QED) is 0.694. The minimum atomic E-state index is -0.204. The minimum absolute atomic E-state index is 0.00653. The Balaban J connectivity index is 2.29. The fourth-order valence-electron chi connectivity index (χ4n) is 1.67. The van der Waals surface area contributed by atoms with Crippen molar-refractivity contribution in [3.63, 3.8) is 0 Å². The minimum Gasteiger partial charge on any atom is -0.396 e. The molecule has 0 spiro atoms. The van der Waals surface area contributed by atoms with Crippen LogP contribution in [0.1, 0.15) is 32.6 Å². The molecule has 82 valence electrons. The summed E-state index contributed by atoms with van der Waals surface area (Å²) in [4.78, 5) is 11.4. The maximum atomic E-state index is 11.4. The van der Waals surface area contributed by atoms with Crippen LogP contribution in [0.4, 0.5) is 0 Å². The molecule has 1 amide bonds. The molecule has 1 aliphatic rings. The summed E-state index contributed by atoms with van der Waals surface area (Å²) in [6, 6.07) is 0. The molecule has 14 heavy (non-hydrogen) atoms. The molecule has 0 aliphatic carbocycles. The number of rotatable bonds is 4. The van der Waals surface area contributed by atoms with E-state index in [2.05, 4.69) is 5.32 Å². The SMILES string of the molecule is CC1(NC(=O)CCCO)CCCOC1. The van der Waals surface area contributed by atoms with E-state index in [4.69, 9.17) is 9.84 Å². The topological polar surface area (TPSA) is 58.6 Å². The van der Waals surface area contributed by atoms with Crippen LogP contribution in [0.15, 0.2) is 0 Å². The number of hydrogen-bond acceptors (Lipinski definition) is 3. The molecule has 0 radical (unpaired) electrons. The summed E-state index contributed by atoms with van der Waals surface area (Å²) >= 11 is 0. The van der Waals surface area contributed by atoms with Gasteiger partial charge in [0.15, 0.2) is 0 Å². The molecule has 4 heteroatoms. The molecule has 1 atom stereocenters. The fourth-order valence-corrected chi connectivity index (χ4v) is 1.67. The lowest BCUT2D eigenvalue weighted by Crippen LogP contribution is -2.51. The lowest BCUT2D eigenvalue weighted by Gasteiger charge is -2.34. The Bertz CT molecular complexity index is 188. The summed E-state index contributed by atoms with van der Waals surface area (Å²) in [7, 11) is 0. The number of hydrogen-bond donors (Lipinski definition) is 2. The zero-order chi connectivity index (χ0) is 10.4. The second-order valence-corrected chi connectivity index (χ2v) is 4.09. The fraction of sp³-hybridized carbons (Fsp3) is 0.900. The van der Waals surface area contributed by atoms with Gasteiger partial charge in [-0.3, -0.25) is 4.79 Å². The zero-order valence-electron chi connectivity index (χ0n) is 8.71. The highest BCUT2D eigenvalue weighted by Crippen LogP contribution is 2.18. The van der Waals surface area contributed by atoms with Crippen molar-refractivity contribution in [3.05, 3.63) is 0 Å². The Labute approximate surface area is 84.6 Å². The standard InChI is InChI=1S/C10H19NO3/c1-10(5-3-7-14-8-10)11-9(13)4-2-6-12/h12H,2-8H2,1H3,(H,11,13). The van der Waals surface area contributed by atoms with Crippen LogP contribution in [-0.2, 0) is 9.53 Å². The van der Waals surface area contributed by atoms with E-state index in [1.54, 1.807) is 0 Å². The van der Waals surface area contributed by atoms with E-state index in [0.717, 1.165) is 19.4 Å². The Hall–Kier alpha value is -0.610. The molecule has 2 N–H and O–H groups in total. The van der Waals surface area contributed by atoms with Crippen molar-refractivity contribution >= 4 is 5.91 Å². The summed E-state index contributed by atoms with van der Waals surface area (Å²) in [5.74, 6) is 0.00653. The Morgan fingerprint density at radius 3 is 3.00 bits per heavy atom. The van der Waals surface area contributed by atoms with Crippen LogP contribution in [0.2, 0.25) is 0 Å². The molecule has 4 nitrogen and oxygen atoms in total. The van der Waals surface area contributed by atoms with Gasteiger partial charge in [-0.25, -0.2) is 0 Å². The lowest BCUT2D eigenvalue weighted by molar-refractivity contribution is -0.124. The number of carbonyl (C=O) groups is 1. The largest absolute Gasteiger partial charge is 0.396 e. The number of nitrogens with one attached hydrogen (secondary N) is 1. The molecule has 1 saturated heterocycles. The summed E-state index contributed by atoms with van der Waals surface area (Å²) in [6.45, 7) is 3.46. The number of ether oxygens (including phenoxy) is 1. The first-order valence-corrected chi connectivity index (χ1v) is 5.16. The first kappa shape index (κ1) is 11.5. The molecular weight excluding hydrogens is 182 g/mol. The maximum absolute atomic E-state index is 11.4. The molecule has 1 unspecified atom stereocenters. The van der Waals surface area contributed by atoms with Gasteiger partial charge >= 0.3 is 0 Å². The van der Waals surface area contributed by atoms with Gasteiger partial charge < -0.3 is 15.2 Å². The summed E-state index contributed by atoms with van der Waals surface area (Å²) in [5, 5.41) is 11.5. The van der Waals surface area contributed by atoms with E-state index in [1.165, 1.54) is 0 Å². The van der Waals surface area contributed by atoms with Crippen LogP contribution in [0, 0.1) is 0 Å². The molecule has 1 aliphatic heterocycles. The van der Waals surface area contributed by atoms with Crippen LogP contribution >= 0.6 is 0 Å². The number of carbonyl (C=O) groups excluding carboxylic acids is 1. The Morgan fingerprint density at radius 1 is 1.64 bits per heavy atom. The van der Waals surface area contributed by atoms with Crippen LogP contribution in [0.25, 0.3) is 0 Å². The predicted octanol–water partition coefficient (Wildman–Crippen LogP) is 0.444. The van der Waals surface area contributed by atoms with E-state index >= 15 is 0 Å². The highest BCUT2D eigenvalue weighted by atomic mass is 16.5. The molecule has 1 fully saturated rings. The van der Waals surface area contributed by atoms with Gasteiger partial charge in [0, 0.05) is 19.6 Å². The number of aliphatic hydroxyl groups excluding tert-OH is 1. The second-order valence-electron chi connectivity index (χ2n) is 4.09. The van der Waals surface area contributed by atoms with Gasteiger partial charge in [-0.05, 0) is 26.2 Å². The molecule has 0 aromatic rings. The van der Waals surface area contributed by atoms with Gasteiger partial charge in [0.05, 0.1) is 12.1 Å². The highest BCUT2D eigenvalue weighted by Gasteiger charge is 2.28. The van der Waals surface area contributed by atoms with Crippen LogP contribution in [0.5, 0.6) is 0 Å². The van der Waals surface area contributed by atoms with Gasteiger partial charge in [0.25, 0.3) is 0 Å². The van der Waals surface area contributed by atoms with Gasteiger partial charge in [0.2, 0.25) is 5.91 Å². The third-order valence-corrected chi connectivity index (χ3v) is 2.44. The molecule has 1 rings (SSSR count). The third-order valence-electron chi connectivity index (χ3n) is 2.44. The van der Waals surface area contributed by atoms with Crippen LogP contribution in [-0.4, -0.2) is 36.4 Å². The molecular formula is C10H19NO3. The molecule has 0 bridgehead atoms. The molecule has 0 saturated carbocycles. The lowest BCUT2D eigenvalue weighted by atomic mass is 9.94. The first-order chi connectivity index (χ1) is 6.66. The van der Waals surface area contributed by atoms with Crippen molar-refractivity contribution in [1.82, 2.24) is 5.32 Å². The van der Waals surface area contributed by atoms with Gasteiger partial charge in [0.1, 0.15) is 0 Å². The van der Waals surface area contributed by atoms with Crippen molar-refractivity contribution in [2.75, 3.05) is 19.8 Å². The molecule has 0 aromatic heterocycles. The second kappa shape index (κ2) is 5.32. The summed E-state index contributed by atoms with van der Waals surface area (Å²) in [6.07, 6.45) is 2.89. The van der Waals surface area contributed by atoms with Crippen molar-refractivity contribution in [3.8, 4) is 0 Å². The Kier molecular flexibility index (Phi) is 4.35. The van der Waals surface area contributed by atoms with Crippen molar-refractivity contribution < 1.29 is 14.6 Å². The zero-order valence-corrected chi connectivity index (χ0v) is 8.71. The van der Waals surface area contributed by atoms with Crippen LogP contribution in [0.3, 0.4) is 0 Å². The highest BCUT2D eigenvalue weighted by molar-refractivity contribution is 5.76. The van der Waals surface area contributed by atoms with Crippen LogP contribution < -0.4 is 5.32 Å². The van der Waals surface area contributed by atoms with E-state index in [9.17, 15) is 4.79 Å². The normalized spacial score (nSPS) is 27.3. The summed E-state index contributed by atoms with van der Waals surface area (Å²) in [5.41, 5.74) is -0.204. The van der Waals surface area contributed by atoms with Crippen molar-refractivity contribution in [2.24, 2.45) is 0 Å². The third kappa shape index (κ3) is 3.64. The number of amides is 1. The van der Waals surface area contributed by atoms with Gasteiger partial charge in [-0.2, -0.15) is 0 Å². The first-order valence-electron chi connectivity index (χ1n) is 5.16. The predicted molar refractivity (Wildman–Crippen MR) is 52.9 cm³/mol. The van der Waals surface area contributed by atoms with Crippen molar-refractivity contribution in [2.45, 2.75) is 38.1 Å². The average molecular weight is 201 g/mol. The monoisotopic (exact) mass is 201 g/mol. The average Bonchev–Trinajstić information content (AvgIpc) is 2.15. The van der Waals surface area contributed by atoms with E-state index in [-0.39, 0.29) is 18.1 Å².